The summed E-state index contributed by atoms with van der Waals surface area (Å²) in [6, 6.07) is 2.21. The third kappa shape index (κ3) is 3.02. The SMILES string of the molecule is Cl.NCCN1C[C@]23CC[C@H](O2)[C@H](C(=O)N2CCC4(CC2)OCCc2ccsc24)[C@@H]3C1=O. The highest BCUT2D eigenvalue weighted by Crippen LogP contribution is 2.56. The smallest absolute Gasteiger partial charge is 0.229 e. The highest BCUT2D eigenvalue weighted by atomic mass is 35.5. The Morgan fingerprint density at radius 2 is 2.10 bits per heavy atom. The third-order valence-electron chi connectivity index (χ3n) is 8.08. The van der Waals surface area contributed by atoms with Crippen LogP contribution in [-0.4, -0.2) is 72.6 Å². The van der Waals surface area contributed by atoms with Gasteiger partial charge >= 0.3 is 0 Å². The molecular weight excluding hydrogens is 438 g/mol. The summed E-state index contributed by atoms with van der Waals surface area (Å²) in [7, 11) is 0. The number of ether oxygens (including phenoxy) is 2. The number of rotatable bonds is 3. The van der Waals surface area contributed by atoms with Crippen LogP contribution in [0.25, 0.3) is 0 Å². The van der Waals surface area contributed by atoms with E-state index in [2.05, 4.69) is 11.4 Å². The molecule has 0 unspecified atom stereocenters. The molecule has 0 aliphatic carbocycles. The first-order valence-corrected chi connectivity index (χ1v) is 12.1. The number of hydrogen-bond acceptors (Lipinski definition) is 6. The highest BCUT2D eigenvalue weighted by Gasteiger charge is 2.69. The van der Waals surface area contributed by atoms with Crippen LogP contribution in [0.3, 0.4) is 0 Å². The monoisotopic (exact) mass is 467 g/mol. The highest BCUT2D eigenvalue weighted by molar-refractivity contribution is 7.10. The van der Waals surface area contributed by atoms with Crippen molar-refractivity contribution in [1.29, 1.82) is 0 Å². The number of halogens is 1. The zero-order valence-electron chi connectivity index (χ0n) is 17.6. The molecule has 0 aromatic carbocycles. The van der Waals surface area contributed by atoms with Crippen LogP contribution >= 0.6 is 23.7 Å². The standard InChI is InChI=1S/C22H29N3O4S.ClH/c23-7-10-25-13-22-4-1-15(29-22)16(17(22)20(25)27)19(26)24-8-5-21(6-9-24)18-14(2-11-28-21)3-12-30-18;/h3,12,15-17H,1-2,4-11,13,23H2;1H/t15-,16-,17+,22-;/m0./s1. The predicted octanol–water partition coefficient (Wildman–Crippen LogP) is 1.52. The van der Waals surface area contributed by atoms with Crippen LogP contribution in [0.15, 0.2) is 11.4 Å². The lowest BCUT2D eigenvalue weighted by atomic mass is 9.72. The van der Waals surface area contributed by atoms with Gasteiger partial charge in [0.1, 0.15) is 5.60 Å². The van der Waals surface area contributed by atoms with E-state index in [0.717, 1.165) is 38.7 Å². The van der Waals surface area contributed by atoms with Gasteiger partial charge in [0.15, 0.2) is 0 Å². The number of carbonyl (C=O) groups is 2. The van der Waals surface area contributed by atoms with Crippen molar-refractivity contribution in [2.75, 3.05) is 39.3 Å². The number of thiophene rings is 1. The van der Waals surface area contributed by atoms with Crippen molar-refractivity contribution in [3.63, 3.8) is 0 Å². The third-order valence-corrected chi connectivity index (χ3v) is 9.22. The summed E-state index contributed by atoms with van der Waals surface area (Å²) < 4.78 is 12.6. The molecule has 1 aromatic heterocycles. The molecule has 7 nitrogen and oxygen atoms in total. The molecule has 4 fully saturated rings. The first-order chi connectivity index (χ1) is 14.6. The number of amides is 2. The molecule has 4 atom stereocenters. The van der Waals surface area contributed by atoms with Gasteiger partial charge in [-0.3, -0.25) is 9.59 Å². The van der Waals surface area contributed by atoms with E-state index in [1.807, 2.05) is 9.80 Å². The second-order valence-corrected chi connectivity index (χ2v) is 10.4. The van der Waals surface area contributed by atoms with Gasteiger partial charge < -0.3 is 25.0 Å². The summed E-state index contributed by atoms with van der Waals surface area (Å²) >= 11 is 1.78. The molecular formula is C22H30ClN3O4S. The molecule has 9 heteroatoms. The lowest BCUT2D eigenvalue weighted by Crippen LogP contribution is -2.52. The van der Waals surface area contributed by atoms with Crippen LogP contribution in [-0.2, 0) is 31.1 Å². The molecule has 5 aliphatic rings. The first kappa shape index (κ1) is 21.6. The minimum Gasteiger partial charge on any atom is -0.369 e. The Kier molecular flexibility index (Phi) is 5.37. The molecule has 2 N–H and O–H groups in total. The van der Waals surface area contributed by atoms with Crippen molar-refractivity contribution in [2.45, 2.75) is 49.4 Å². The molecule has 31 heavy (non-hydrogen) atoms. The lowest BCUT2D eigenvalue weighted by molar-refractivity contribution is -0.150. The van der Waals surface area contributed by atoms with Crippen molar-refractivity contribution in [1.82, 2.24) is 9.80 Å². The lowest BCUT2D eigenvalue weighted by Gasteiger charge is -2.44. The van der Waals surface area contributed by atoms with Crippen LogP contribution in [0.4, 0.5) is 0 Å². The molecule has 170 valence electrons. The van der Waals surface area contributed by atoms with Gasteiger partial charge in [-0.1, -0.05) is 0 Å². The van der Waals surface area contributed by atoms with E-state index in [-0.39, 0.29) is 47.8 Å². The van der Waals surface area contributed by atoms with Gasteiger partial charge in [0.25, 0.3) is 0 Å². The Balaban J connectivity index is 0.00000204. The Bertz CT molecular complexity index is 886. The summed E-state index contributed by atoms with van der Waals surface area (Å²) in [6.45, 7) is 3.69. The average molecular weight is 468 g/mol. The van der Waals surface area contributed by atoms with Crippen molar-refractivity contribution in [2.24, 2.45) is 17.6 Å². The fraction of sp³-hybridized carbons (Fsp3) is 0.727. The van der Waals surface area contributed by atoms with Crippen LogP contribution in [0.2, 0.25) is 0 Å². The fourth-order valence-electron chi connectivity index (χ4n) is 6.69. The number of nitrogens with two attached hydrogens (primary N) is 1. The molecule has 6 heterocycles. The van der Waals surface area contributed by atoms with Gasteiger partial charge in [-0.2, -0.15) is 0 Å². The van der Waals surface area contributed by atoms with Crippen molar-refractivity contribution >= 4 is 35.6 Å². The zero-order chi connectivity index (χ0) is 20.5. The van der Waals surface area contributed by atoms with Crippen LogP contribution < -0.4 is 5.73 Å². The van der Waals surface area contributed by atoms with Gasteiger partial charge in [-0.25, -0.2) is 0 Å². The maximum atomic E-state index is 13.6. The molecule has 2 bridgehead atoms. The number of carbonyl (C=O) groups excluding carboxylic acids is 2. The molecule has 6 rings (SSSR count). The molecule has 0 radical (unpaired) electrons. The van der Waals surface area contributed by atoms with Crippen LogP contribution in [0.5, 0.6) is 0 Å². The Hall–Kier alpha value is -1.19. The average Bonchev–Trinajstić information content (AvgIpc) is 3.51. The van der Waals surface area contributed by atoms with Gasteiger partial charge in [-0.15, -0.1) is 23.7 Å². The van der Waals surface area contributed by atoms with Gasteiger partial charge in [0.05, 0.1) is 36.7 Å². The van der Waals surface area contributed by atoms with Crippen molar-refractivity contribution in [3.8, 4) is 0 Å². The number of piperidine rings is 1. The Morgan fingerprint density at radius 1 is 1.29 bits per heavy atom. The first-order valence-electron chi connectivity index (χ1n) is 11.2. The summed E-state index contributed by atoms with van der Waals surface area (Å²) in [5.41, 5.74) is 6.41. The van der Waals surface area contributed by atoms with E-state index in [0.29, 0.717) is 32.7 Å². The summed E-state index contributed by atoms with van der Waals surface area (Å²) in [6.07, 6.45) is 4.26. The molecule has 5 aliphatic heterocycles. The van der Waals surface area contributed by atoms with Gasteiger partial charge in [-0.05, 0) is 49.1 Å². The molecule has 2 amide bonds. The molecule has 4 saturated heterocycles. The predicted molar refractivity (Wildman–Crippen MR) is 118 cm³/mol. The maximum Gasteiger partial charge on any atom is 0.229 e. The number of hydrogen-bond donors (Lipinski definition) is 1. The van der Waals surface area contributed by atoms with E-state index in [9.17, 15) is 9.59 Å². The summed E-state index contributed by atoms with van der Waals surface area (Å²) in [5, 5.41) is 2.16. The normalized spacial score (nSPS) is 35.3. The van der Waals surface area contributed by atoms with E-state index >= 15 is 0 Å². The van der Waals surface area contributed by atoms with E-state index < -0.39 is 5.60 Å². The van der Waals surface area contributed by atoms with Crippen LogP contribution in [0.1, 0.15) is 36.1 Å². The van der Waals surface area contributed by atoms with E-state index in [4.69, 9.17) is 15.2 Å². The number of nitrogens with zero attached hydrogens (tertiary/aromatic N) is 2. The van der Waals surface area contributed by atoms with E-state index in [1.165, 1.54) is 10.4 Å². The maximum absolute atomic E-state index is 13.6. The largest absolute Gasteiger partial charge is 0.369 e. The van der Waals surface area contributed by atoms with Crippen molar-refractivity contribution < 1.29 is 19.1 Å². The topological polar surface area (TPSA) is 85.1 Å². The van der Waals surface area contributed by atoms with E-state index in [1.54, 1.807) is 11.3 Å². The van der Waals surface area contributed by atoms with Gasteiger partial charge in [0.2, 0.25) is 11.8 Å². The van der Waals surface area contributed by atoms with Crippen LogP contribution in [0, 0.1) is 11.8 Å². The zero-order valence-corrected chi connectivity index (χ0v) is 19.2. The number of fused-ring (bicyclic) bond motifs is 3. The minimum atomic E-state index is -0.466. The second kappa shape index (κ2) is 7.70. The fourth-order valence-corrected chi connectivity index (χ4v) is 7.86. The minimum absolute atomic E-state index is 0. The Labute approximate surface area is 192 Å². The second-order valence-electron chi connectivity index (χ2n) is 9.50. The summed E-state index contributed by atoms with van der Waals surface area (Å²) in [5.74, 6) is -0.506. The summed E-state index contributed by atoms with van der Waals surface area (Å²) in [4.78, 5) is 31.9. The quantitative estimate of drug-likeness (QED) is 0.728. The molecule has 0 saturated carbocycles. The van der Waals surface area contributed by atoms with Gasteiger partial charge in [0, 0.05) is 31.1 Å². The molecule has 1 aromatic rings. The Morgan fingerprint density at radius 3 is 2.87 bits per heavy atom. The van der Waals surface area contributed by atoms with Crippen molar-refractivity contribution in [3.05, 3.63) is 21.9 Å². The molecule has 2 spiro atoms. The number of likely N-dealkylation sites (tertiary alicyclic amines) is 2.